The summed E-state index contributed by atoms with van der Waals surface area (Å²) in [5, 5.41) is 0. The van der Waals surface area contributed by atoms with Gasteiger partial charge in [0.15, 0.2) is 0 Å². The van der Waals surface area contributed by atoms with Gasteiger partial charge in [-0.3, -0.25) is 0 Å². The Bertz CT molecular complexity index is 146. The largest absolute Gasteiger partial charge is 0.339 e. The van der Waals surface area contributed by atoms with Crippen molar-refractivity contribution in [2.24, 2.45) is 0 Å². The second-order valence-electron chi connectivity index (χ2n) is 1.74. The second-order valence-corrected chi connectivity index (χ2v) is 1.74. The molecule has 1 rings (SSSR count). The van der Waals surface area contributed by atoms with Gasteiger partial charge in [0.25, 0.3) is 0 Å². The molecule has 1 heteroatoms. The maximum absolute atomic E-state index is 3.76. The minimum Gasteiger partial charge on any atom is -0.339 e. The summed E-state index contributed by atoms with van der Waals surface area (Å²) in [7, 11) is 0. The third-order valence-electron chi connectivity index (χ3n) is 1.13. The molecule has 9 heavy (non-hydrogen) atoms. The van der Waals surface area contributed by atoms with Crippen LogP contribution in [-0.2, 0) is 6.42 Å². The van der Waals surface area contributed by atoms with E-state index < -0.39 is 0 Å². The molecule has 0 nitrogen and oxygen atoms in total. The van der Waals surface area contributed by atoms with E-state index >= 15 is 0 Å². The van der Waals surface area contributed by atoms with E-state index in [-0.39, 0.29) is 0 Å². The zero-order chi connectivity index (χ0) is 5.82. The molecule has 0 atom stereocenters. The first-order chi connectivity index (χ1) is 3.93. The third kappa shape index (κ3) is 1.64. The maximum atomic E-state index is 3.76. The van der Waals surface area contributed by atoms with Crippen molar-refractivity contribution in [3.8, 4) is 0 Å². The number of rotatable bonds is 1. The standard InChI is InChI=1S/C8H9.Rf/c1-2-8-6-4-3-5-7-8;/h3-7H,1-2H2;/q-1;. The van der Waals surface area contributed by atoms with Crippen LogP contribution in [0.15, 0.2) is 30.3 Å². The second kappa shape index (κ2) is 3.25. The van der Waals surface area contributed by atoms with Crippen molar-refractivity contribution in [2.45, 2.75) is 6.42 Å². The van der Waals surface area contributed by atoms with Gasteiger partial charge in [-0.2, -0.15) is 6.42 Å². The fourth-order valence-corrected chi connectivity index (χ4v) is 0.645. The summed E-state index contributed by atoms with van der Waals surface area (Å²) < 4.78 is 0. The van der Waals surface area contributed by atoms with Crippen molar-refractivity contribution >= 4 is 0 Å². The number of benzene rings is 1. The molecular formula is C8H9Rf-. The zero-order valence-corrected chi connectivity index (χ0v) is 11.9. The van der Waals surface area contributed by atoms with Crippen LogP contribution in [0.25, 0.3) is 0 Å². The molecule has 0 radical (unpaired) electrons. The fourth-order valence-electron chi connectivity index (χ4n) is 0.645. The molecule has 0 spiro atoms. The quantitative estimate of drug-likeness (QED) is 0.663. The Balaban J connectivity index is 0.000000640. The summed E-state index contributed by atoms with van der Waals surface area (Å²) in [6, 6.07) is 10.2. The molecule has 0 aliphatic carbocycles. The molecule has 0 unspecified atom stereocenters. The normalized spacial score (nSPS) is 8.11. The third-order valence-corrected chi connectivity index (χ3v) is 1.13. The monoisotopic (exact) mass is 372 g/mol. The Morgan fingerprint density at radius 1 is 1.11 bits per heavy atom. The first-order valence-corrected chi connectivity index (χ1v) is 2.76. The average Bonchev–Trinajstić information content (AvgIpc) is 1.90. The molecule has 0 N–H and O–H groups in total. The van der Waals surface area contributed by atoms with Crippen LogP contribution in [0.5, 0.6) is 0 Å². The molecule has 0 amide bonds. The minimum absolute atomic E-state index is 0. The van der Waals surface area contributed by atoms with Gasteiger partial charge in [0.2, 0.25) is 0 Å². The van der Waals surface area contributed by atoms with Crippen LogP contribution in [0, 0.1) is 6.92 Å². The average molecular weight is 372 g/mol. The van der Waals surface area contributed by atoms with Crippen LogP contribution >= 0.6 is 0 Å². The fraction of sp³-hybridized carbons (Fsp3) is 0.125. The first kappa shape index (κ1) is 7.22. The Labute approximate surface area is 50.2 Å². The van der Waals surface area contributed by atoms with Crippen molar-refractivity contribution in [2.75, 3.05) is 0 Å². The predicted octanol–water partition coefficient (Wildman–Crippen LogP) is 2.06. The summed E-state index contributed by atoms with van der Waals surface area (Å²) >= 11 is 0. The zero-order valence-electron chi connectivity index (χ0n) is 5.51. The van der Waals surface area contributed by atoms with Gasteiger partial charge in [-0.15, -0.1) is 0 Å². The molecule has 0 saturated heterocycles. The summed E-state index contributed by atoms with van der Waals surface area (Å²) in [5.41, 5.74) is 1.30. The predicted molar refractivity (Wildman–Crippen MR) is 35.5 cm³/mol. The minimum atomic E-state index is 0. The van der Waals surface area contributed by atoms with Crippen molar-refractivity contribution in [3.63, 3.8) is 0 Å². The van der Waals surface area contributed by atoms with Gasteiger partial charge in [0, 0.05) is 0 Å². The molecule has 0 bridgehead atoms. The molecule has 0 heterocycles. The Morgan fingerprint density at radius 3 is 2.00 bits per heavy atom. The molecule has 44 valence electrons. The van der Waals surface area contributed by atoms with E-state index in [9.17, 15) is 0 Å². The Morgan fingerprint density at radius 2 is 1.67 bits per heavy atom. The summed E-state index contributed by atoms with van der Waals surface area (Å²) in [5.74, 6) is 0. The van der Waals surface area contributed by atoms with E-state index in [1.165, 1.54) is 5.56 Å². The van der Waals surface area contributed by atoms with Crippen LogP contribution < -0.4 is 0 Å². The van der Waals surface area contributed by atoms with Crippen molar-refractivity contribution in [3.05, 3.63) is 42.8 Å². The molecule has 0 aliphatic heterocycles. The van der Waals surface area contributed by atoms with E-state index in [4.69, 9.17) is 0 Å². The van der Waals surface area contributed by atoms with Crippen LogP contribution in [-0.4, -0.2) is 0 Å². The van der Waals surface area contributed by atoms with Gasteiger partial charge in [0.1, 0.15) is 0 Å². The first-order valence-electron chi connectivity index (χ1n) is 2.76. The Hall–Kier alpha value is -1.78. The summed E-state index contributed by atoms with van der Waals surface area (Å²) in [6.45, 7) is 3.76. The van der Waals surface area contributed by atoms with E-state index in [2.05, 4.69) is 19.1 Å². The summed E-state index contributed by atoms with van der Waals surface area (Å²) in [6.07, 6.45) is 0.890. The van der Waals surface area contributed by atoms with Crippen molar-refractivity contribution in [1.82, 2.24) is 0 Å². The number of hydrogen-bond acceptors (Lipinski definition) is 0. The van der Waals surface area contributed by atoms with Crippen LogP contribution in [0.2, 0.25) is 0 Å². The van der Waals surface area contributed by atoms with E-state index in [1.54, 1.807) is 0 Å². The molecule has 0 fully saturated rings. The maximum Gasteiger partial charge on any atom is 0 e. The summed E-state index contributed by atoms with van der Waals surface area (Å²) in [4.78, 5) is 0. The molecule has 0 aromatic heterocycles. The molecule has 1 aromatic carbocycles. The van der Waals surface area contributed by atoms with Crippen molar-refractivity contribution < 1.29 is 0 Å². The van der Waals surface area contributed by atoms with E-state index in [1.807, 2.05) is 18.2 Å². The van der Waals surface area contributed by atoms with Crippen LogP contribution in [0.3, 0.4) is 0 Å². The van der Waals surface area contributed by atoms with Gasteiger partial charge >= 0.3 is 0 Å². The van der Waals surface area contributed by atoms with Crippen LogP contribution in [0.1, 0.15) is 5.56 Å². The molecular weight excluding hydrogens is 363 g/mol. The molecule has 1 aromatic rings. The smallest absolute Gasteiger partial charge is 0 e. The Kier molecular flexibility index (Phi) is 2.61. The van der Waals surface area contributed by atoms with Gasteiger partial charge in [0.05, 0.1) is 0 Å². The molecule has 0 aliphatic rings. The van der Waals surface area contributed by atoms with Gasteiger partial charge < -0.3 is 6.92 Å². The number of hydrogen-bond donors (Lipinski definition) is 0. The SMILES string of the molecule is [CH2-]Cc1ccccc1.[Rf]. The van der Waals surface area contributed by atoms with E-state index in [0.717, 1.165) is 6.42 Å². The molecule has 0 saturated carbocycles. The topological polar surface area (TPSA) is 0 Å². The van der Waals surface area contributed by atoms with Gasteiger partial charge in [-0.1, -0.05) is 35.9 Å². The van der Waals surface area contributed by atoms with Crippen molar-refractivity contribution in [1.29, 1.82) is 0 Å². The van der Waals surface area contributed by atoms with Gasteiger partial charge in [-0.05, 0) is 0 Å². The van der Waals surface area contributed by atoms with E-state index in [0.29, 0.717) is 0 Å². The van der Waals surface area contributed by atoms with Gasteiger partial charge in [-0.25, -0.2) is 0 Å². The van der Waals surface area contributed by atoms with Crippen LogP contribution in [0.4, 0.5) is 0 Å².